The Labute approximate surface area is 603 Å². The van der Waals surface area contributed by atoms with Gasteiger partial charge in [0.1, 0.15) is 37.4 Å². The molecule has 103 heavy (non-hydrogen) atoms. The summed E-state index contributed by atoms with van der Waals surface area (Å²) >= 11 is 0. The molecule has 1 fully saturated rings. The normalized spacial score (nSPS) is 17.1. The maximum atomic E-state index is 14.8. The number of imide groups is 1. The van der Waals surface area contributed by atoms with E-state index >= 15 is 0 Å². The number of benzene rings is 2. The van der Waals surface area contributed by atoms with Crippen molar-refractivity contribution in [2.45, 2.75) is 207 Å². The van der Waals surface area contributed by atoms with Crippen LogP contribution in [0.1, 0.15) is 151 Å². The van der Waals surface area contributed by atoms with E-state index in [1.165, 1.54) is 50.5 Å². The molecule has 11 N–H and O–H groups in total. The van der Waals surface area contributed by atoms with E-state index in [2.05, 4.69) is 37.2 Å². The minimum atomic E-state index is -1.66. The molecule has 13 amide bonds. The van der Waals surface area contributed by atoms with Crippen LogP contribution in [0.2, 0.25) is 0 Å². The first-order chi connectivity index (χ1) is 48.7. The average molecular weight is 1450 g/mol. The smallest absolute Gasteiger partial charge is 0.410 e. The molecule has 0 saturated carbocycles. The number of rotatable bonds is 42. The number of hydrogen-bond donors (Lipinski definition) is 10. The largest absolute Gasteiger partial charge is 0.480 e. The number of carboxylic acid groups (broad SMARTS) is 1. The summed E-state index contributed by atoms with van der Waals surface area (Å²) in [6, 6.07) is 6.17. The summed E-state index contributed by atoms with van der Waals surface area (Å²) in [5.74, 6) is -8.64. The molecule has 2 aliphatic rings. The number of nitrogens with one attached hydrogen (secondary N) is 7. The van der Waals surface area contributed by atoms with Crippen molar-refractivity contribution in [3.63, 3.8) is 0 Å². The summed E-state index contributed by atoms with van der Waals surface area (Å²) in [6.07, 6.45) is 0.764. The van der Waals surface area contributed by atoms with Gasteiger partial charge in [-0.15, -0.1) is 0 Å². The van der Waals surface area contributed by atoms with Gasteiger partial charge in [-0.25, -0.2) is 19.2 Å². The number of carboxylic acids is 1. The van der Waals surface area contributed by atoms with E-state index in [0.717, 1.165) is 9.80 Å². The number of amides is 13. The van der Waals surface area contributed by atoms with Gasteiger partial charge in [0, 0.05) is 72.2 Å². The number of likely N-dealkylation sites (N-methyl/N-ethyl adjacent to an activating group) is 2. The summed E-state index contributed by atoms with van der Waals surface area (Å²) in [6.45, 7) is 17.1. The van der Waals surface area contributed by atoms with Crippen LogP contribution >= 0.6 is 0 Å². The maximum Gasteiger partial charge on any atom is 0.410 e. The number of nitrogens with zero attached hydrogens (tertiary/aromatic N) is 4. The van der Waals surface area contributed by atoms with E-state index in [0.29, 0.717) is 56.2 Å². The molecule has 0 radical (unpaired) electrons. The van der Waals surface area contributed by atoms with Crippen LogP contribution in [-0.4, -0.2) is 222 Å². The van der Waals surface area contributed by atoms with Crippen molar-refractivity contribution in [2.75, 3.05) is 59.9 Å². The molecule has 13 atom stereocenters. The highest BCUT2D eigenvalue weighted by Crippen LogP contribution is 2.31. The van der Waals surface area contributed by atoms with Crippen molar-refractivity contribution in [3.05, 3.63) is 77.9 Å². The topological polar surface area (TPSA) is 422 Å². The minimum absolute atomic E-state index is 0.0328. The van der Waals surface area contributed by atoms with Crippen LogP contribution in [0.15, 0.2) is 66.7 Å². The monoisotopic (exact) mass is 1450 g/mol. The molecule has 31 heteroatoms. The predicted octanol–water partition coefficient (Wildman–Crippen LogP) is 4.26. The van der Waals surface area contributed by atoms with E-state index in [9.17, 15) is 72.5 Å². The number of unbranched alkanes of at least 4 members (excludes halogenated alkanes) is 2. The number of nitrogens with two attached hydrogens (primary N) is 1. The molecular weight excluding hydrogens is 1340 g/mol. The number of aliphatic hydroxyl groups excluding tert-OH is 1. The number of aliphatic carboxylic acids is 1. The summed E-state index contributed by atoms with van der Waals surface area (Å²) in [5.41, 5.74) is 6.62. The fourth-order valence-electron chi connectivity index (χ4n) is 12.6. The van der Waals surface area contributed by atoms with Crippen LogP contribution in [0.5, 0.6) is 0 Å². The Bertz CT molecular complexity index is 3210. The Hall–Kier alpha value is -9.23. The van der Waals surface area contributed by atoms with Gasteiger partial charge in [-0.05, 0) is 92.4 Å². The molecule has 0 spiro atoms. The summed E-state index contributed by atoms with van der Waals surface area (Å²) in [4.78, 5) is 177. The zero-order valence-electron chi connectivity index (χ0n) is 61.9. The lowest BCUT2D eigenvalue weighted by Gasteiger charge is -2.41. The third-order valence-electron chi connectivity index (χ3n) is 18.7. The molecule has 572 valence electrons. The third-order valence-corrected chi connectivity index (χ3v) is 18.7. The summed E-state index contributed by atoms with van der Waals surface area (Å²) in [7, 11) is 6.01. The van der Waals surface area contributed by atoms with Gasteiger partial charge < -0.3 is 81.9 Å². The second-order valence-electron chi connectivity index (χ2n) is 27.4. The number of carbonyl (C=O) groups excluding carboxylic acids is 12. The Kier molecular flexibility index (Phi) is 35.5. The van der Waals surface area contributed by atoms with E-state index in [1.807, 2.05) is 32.0 Å². The van der Waals surface area contributed by atoms with Crippen molar-refractivity contribution in [1.82, 2.24) is 51.5 Å². The van der Waals surface area contributed by atoms with Crippen LogP contribution in [0.25, 0.3) is 0 Å². The molecule has 2 heterocycles. The summed E-state index contributed by atoms with van der Waals surface area (Å²) < 4.78 is 22.9. The Morgan fingerprint density at radius 2 is 1.33 bits per heavy atom. The van der Waals surface area contributed by atoms with Gasteiger partial charge >= 0.3 is 24.2 Å². The van der Waals surface area contributed by atoms with Crippen molar-refractivity contribution in [3.8, 4) is 0 Å². The van der Waals surface area contributed by atoms with Gasteiger partial charge in [0.25, 0.3) is 11.8 Å². The molecule has 2 aliphatic heterocycles. The van der Waals surface area contributed by atoms with E-state index < -0.39 is 162 Å². The number of alkyl carbamates (subject to hydrolysis) is 1. The SMILES string of the molecule is CC[C@H](C)[C@@H]([C@@H](CC(=O)N1CCC[C@H]1[C@H](OC)[C@@H](C)C(=O)N[C@H](C)[C@@H](O)c1ccccc1)OC)N(C)C(=O)[C@@H](NC(=O)[C@H](C(C)C)N(C)C(=O)OCc1ccc(NC(=O)[C@H](CCCNC(N)=O)NC(=O)[C@@H](NC(=O)OC[C@H](NC(=O)CCCCCN2C(=O)C=CC2=O)C(=O)O)C(C)C)cc1)C(C)C. The first-order valence-electron chi connectivity index (χ1n) is 35.2. The lowest BCUT2D eigenvalue weighted by Crippen LogP contribution is -2.60. The van der Waals surface area contributed by atoms with E-state index in [-0.39, 0.29) is 68.8 Å². The zero-order chi connectivity index (χ0) is 76.9. The highest BCUT2D eigenvalue weighted by Gasteiger charge is 2.44. The molecular formula is C72H110N12O19. The van der Waals surface area contributed by atoms with Gasteiger partial charge in [0.15, 0.2) is 6.04 Å². The minimum Gasteiger partial charge on any atom is -0.480 e. The number of urea groups is 1. The highest BCUT2D eigenvalue weighted by molar-refractivity contribution is 6.12. The quantitative estimate of drug-likeness (QED) is 0.0328. The second kappa shape index (κ2) is 42.4. The van der Waals surface area contributed by atoms with Crippen molar-refractivity contribution in [1.29, 1.82) is 0 Å². The fourth-order valence-corrected chi connectivity index (χ4v) is 12.6. The second-order valence-corrected chi connectivity index (χ2v) is 27.4. The number of ether oxygens (including phenoxy) is 4. The number of carbonyl (C=O) groups is 13. The molecule has 2 aromatic rings. The molecule has 0 aromatic heterocycles. The number of hydrogen-bond acceptors (Lipinski definition) is 18. The fraction of sp³-hybridized carbons (Fsp3) is 0.625. The average Bonchev–Trinajstić information content (AvgIpc) is 1.80. The van der Waals surface area contributed by atoms with Crippen LogP contribution in [-0.2, 0) is 73.5 Å². The number of anilines is 1. The molecule has 0 bridgehead atoms. The van der Waals surface area contributed by atoms with Crippen molar-refractivity contribution < 1.29 is 91.5 Å². The Morgan fingerprint density at radius 1 is 0.689 bits per heavy atom. The van der Waals surface area contributed by atoms with E-state index in [1.54, 1.807) is 91.6 Å². The van der Waals surface area contributed by atoms with Gasteiger partial charge in [-0.2, -0.15) is 0 Å². The van der Waals surface area contributed by atoms with Gasteiger partial charge in [-0.3, -0.25) is 53.0 Å². The predicted molar refractivity (Wildman–Crippen MR) is 379 cm³/mol. The lowest BCUT2D eigenvalue weighted by molar-refractivity contribution is -0.148. The highest BCUT2D eigenvalue weighted by atomic mass is 16.6. The summed E-state index contributed by atoms with van der Waals surface area (Å²) in [5, 5.41) is 39.0. The first-order valence-corrected chi connectivity index (χ1v) is 35.2. The maximum absolute atomic E-state index is 14.8. The standard InChI is InChI=1S/C72H110N12O19/c1-15-44(8)61(53(100-13)38-57(88)83-37-23-27-52(83)63(101-14)45(9)64(90)75-46(10)62(89)48-24-18-16-19-25-48)81(11)68(94)59(42(4)5)79-67(93)60(43(6)7)82(12)72(99)103-39-47-29-31-49(32-30-47)76-65(91)50(26-22-35-74-70(73)97)78-66(92)58(41(2)3)80-71(98)102-40-51(69(95)96)77-54(85)28-20-17-21-36-84-55(86)33-34-56(84)87/h16,18-19,24-25,29-34,41-46,50-53,58-63,89H,15,17,20-23,26-28,35-40H2,1-14H3,(H,75,90)(H,76,91)(H,77,85)(H,78,92)(H,79,93)(H,80,98)(H,95,96)(H3,73,74,97)/t44-,45+,46+,50-,51-,52-,53+,58-,59-,60-,61-,62+,63+/m0/s1. The van der Waals surface area contributed by atoms with Crippen molar-refractivity contribution >= 4 is 83.0 Å². The molecule has 2 aromatic carbocycles. The number of aliphatic hydroxyl groups is 1. The zero-order valence-corrected chi connectivity index (χ0v) is 61.9. The van der Waals surface area contributed by atoms with Gasteiger partial charge in [0.05, 0.1) is 48.8 Å². The molecule has 0 unspecified atom stereocenters. The van der Waals surface area contributed by atoms with E-state index in [4.69, 9.17) is 24.7 Å². The Morgan fingerprint density at radius 3 is 1.90 bits per heavy atom. The molecule has 4 rings (SSSR count). The van der Waals surface area contributed by atoms with Crippen LogP contribution in [0.4, 0.5) is 20.1 Å². The number of primary amides is 1. The first kappa shape index (κ1) is 86.2. The van der Waals surface area contributed by atoms with Crippen molar-refractivity contribution in [2.24, 2.45) is 35.3 Å². The lowest BCUT2D eigenvalue weighted by atomic mass is 9.89. The molecule has 0 aliphatic carbocycles. The van der Waals surface area contributed by atoms with Gasteiger partial charge in [-0.1, -0.05) is 118 Å². The van der Waals surface area contributed by atoms with Crippen LogP contribution in [0, 0.1) is 29.6 Å². The van der Waals surface area contributed by atoms with Crippen LogP contribution in [0.3, 0.4) is 0 Å². The van der Waals surface area contributed by atoms with Gasteiger partial charge in [0.2, 0.25) is 41.4 Å². The Balaban J connectivity index is 1.36. The number of likely N-dealkylation sites (tertiary alicyclic amines) is 1. The van der Waals surface area contributed by atoms with Crippen LogP contribution < -0.4 is 43.0 Å². The molecule has 1 saturated heterocycles. The molecule has 31 nitrogen and oxygen atoms in total. The third kappa shape index (κ3) is 26.2. The number of methoxy groups -OCH3 is 2.